The van der Waals surface area contributed by atoms with E-state index in [9.17, 15) is 13.2 Å². The summed E-state index contributed by atoms with van der Waals surface area (Å²) >= 11 is 0. The SMILES string of the molecule is C=C(C)N(c1ccc2c(c1)OCO2)c1nc(N2CCN(c3cc(C(F)(F)F)ccn3)CC2)nc2ccccc12. The van der Waals surface area contributed by atoms with Crippen molar-refractivity contribution in [1.29, 1.82) is 0 Å². The third kappa shape index (κ3) is 4.75. The van der Waals surface area contributed by atoms with Crippen LogP contribution in [0.4, 0.5) is 36.4 Å². The lowest BCUT2D eigenvalue weighted by Crippen LogP contribution is -2.47. The van der Waals surface area contributed by atoms with Crippen LogP contribution in [0.5, 0.6) is 11.5 Å². The largest absolute Gasteiger partial charge is 0.454 e. The van der Waals surface area contributed by atoms with E-state index in [1.807, 2.05) is 64.1 Å². The van der Waals surface area contributed by atoms with Gasteiger partial charge in [-0.2, -0.15) is 18.2 Å². The molecule has 2 aromatic heterocycles. The first kappa shape index (κ1) is 24.8. The third-order valence-electron chi connectivity index (χ3n) is 6.74. The zero-order valence-electron chi connectivity index (χ0n) is 21.1. The van der Waals surface area contributed by atoms with Crippen LogP contribution in [0.1, 0.15) is 12.5 Å². The molecule has 4 aromatic rings. The molecular formula is C28H25F3N6O2. The first-order chi connectivity index (χ1) is 18.8. The van der Waals surface area contributed by atoms with Gasteiger partial charge in [-0.15, -0.1) is 0 Å². The Morgan fingerprint density at radius 1 is 0.923 bits per heavy atom. The van der Waals surface area contributed by atoms with Crippen molar-refractivity contribution in [3.63, 3.8) is 0 Å². The molecule has 0 bridgehead atoms. The summed E-state index contributed by atoms with van der Waals surface area (Å²) in [6.07, 6.45) is -3.21. The molecule has 39 heavy (non-hydrogen) atoms. The number of piperazine rings is 1. The fourth-order valence-electron chi connectivity index (χ4n) is 4.81. The molecule has 8 nitrogen and oxygen atoms in total. The van der Waals surface area contributed by atoms with Crippen molar-refractivity contribution in [2.45, 2.75) is 13.1 Å². The van der Waals surface area contributed by atoms with Crippen LogP contribution in [-0.2, 0) is 6.18 Å². The molecular weight excluding hydrogens is 509 g/mol. The second-order valence-corrected chi connectivity index (χ2v) is 9.35. The summed E-state index contributed by atoms with van der Waals surface area (Å²) in [5, 5.41) is 0.855. The summed E-state index contributed by atoms with van der Waals surface area (Å²) in [5.74, 6) is 2.84. The van der Waals surface area contributed by atoms with Crippen LogP contribution in [0.15, 0.2) is 73.1 Å². The number of fused-ring (bicyclic) bond motifs is 2. The van der Waals surface area contributed by atoms with Crippen molar-refractivity contribution in [2.75, 3.05) is 47.7 Å². The van der Waals surface area contributed by atoms with E-state index >= 15 is 0 Å². The minimum Gasteiger partial charge on any atom is -0.454 e. The van der Waals surface area contributed by atoms with Gasteiger partial charge in [-0.05, 0) is 43.3 Å². The minimum absolute atomic E-state index is 0.175. The number of hydrogen-bond acceptors (Lipinski definition) is 8. The number of benzene rings is 2. The van der Waals surface area contributed by atoms with Gasteiger partial charge in [0.2, 0.25) is 12.7 Å². The number of alkyl halides is 3. The van der Waals surface area contributed by atoms with Crippen LogP contribution in [0.25, 0.3) is 10.9 Å². The lowest BCUT2D eigenvalue weighted by molar-refractivity contribution is -0.137. The van der Waals surface area contributed by atoms with Crippen LogP contribution in [0.2, 0.25) is 0 Å². The average Bonchev–Trinajstić information content (AvgIpc) is 3.41. The molecule has 0 spiro atoms. The fraction of sp³-hybridized carbons (Fsp3) is 0.250. The number of allylic oxidation sites excluding steroid dienone is 1. The van der Waals surface area contributed by atoms with E-state index in [4.69, 9.17) is 19.4 Å². The smallest absolute Gasteiger partial charge is 0.416 e. The first-order valence-electron chi connectivity index (χ1n) is 12.4. The summed E-state index contributed by atoms with van der Waals surface area (Å²) in [5.41, 5.74) is 1.64. The summed E-state index contributed by atoms with van der Waals surface area (Å²) in [6.45, 7) is 8.28. The molecule has 0 radical (unpaired) electrons. The van der Waals surface area contributed by atoms with Crippen LogP contribution < -0.4 is 24.2 Å². The predicted octanol–water partition coefficient (Wildman–Crippen LogP) is 5.77. The molecule has 4 heterocycles. The highest BCUT2D eigenvalue weighted by atomic mass is 19.4. The molecule has 2 aliphatic heterocycles. The molecule has 200 valence electrons. The monoisotopic (exact) mass is 534 g/mol. The highest BCUT2D eigenvalue weighted by molar-refractivity contribution is 5.93. The Morgan fingerprint density at radius 3 is 2.44 bits per heavy atom. The van der Waals surface area contributed by atoms with E-state index < -0.39 is 11.7 Å². The average molecular weight is 535 g/mol. The topological polar surface area (TPSA) is 66.9 Å². The number of ether oxygens (including phenoxy) is 2. The molecule has 2 aliphatic rings. The molecule has 0 N–H and O–H groups in total. The summed E-state index contributed by atoms with van der Waals surface area (Å²) < 4.78 is 50.7. The van der Waals surface area contributed by atoms with Gasteiger partial charge in [0.25, 0.3) is 0 Å². The van der Waals surface area contributed by atoms with Crippen molar-refractivity contribution < 1.29 is 22.6 Å². The maximum absolute atomic E-state index is 13.2. The van der Waals surface area contributed by atoms with Crippen molar-refractivity contribution >= 4 is 34.2 Å². The number of anilines is 4. The molecule has 0 aliphatic carbocycles. The number of pyridine rings is 1. The number of para-hydroxylation sites is 1. The molecule has 1 saturated heterocycles. The van der Waals surface area contributed by atoms with Crippen molar-refractivity contribution in [3.8, 4) is 11.5 Å². The number of nitrogens with zero attached hydrogens (tertiary/aromatic N) is 6. The summed E-state index contributed by atoms with van der Waals surface area (Å²) in [6, 6.07) is 15.5. The zero-order chi connectivity index (χ0) is 27.1. The van der Waals surface area contributed by atoms with Gasteiger partial charge in [0.1, 0.15) is 5.82 Å². The van der Waals surface area contributed by atoms with Gasteiger partial charge >= 0.3 is 6.18 Å². The maximum Gasteiger partial charge on any atom is 0.416 e. The van der Waals surface area contributed by atoms with Crippen LogP contribution in [0, 0.1) is 0 Å². The van der Waals surface area contributed by atoms with Crippen molar-refractivity contribution in [3.05, 3.63) is 78.6 Å². The quantitative estimate of drug-likeness (QED) is 0.320. The number of hydrogen-bond donors (Lipinski definition) is 0. The first-order valence-corrected chi connectivity index (χ1v) is 12.4. The minimum atomic E-state index is -4.41. The van der Waals surface area contributed by atoms with Gasteiger partial charge in [-0.25, -0.2) is 9.97 Å². The Hall–Kier alpha value is -4.54. The van der Waals surface area contributed by atoms with E-state index in [2.05, 4.69) is 11.6 Å². The van der Waals surface area contributed by atoms with E-state index in [1.54, 1.807) is 0 Å². The maximum atomic E-state index is 13.2. The van der Waals surface area contributed by atoms with Crippen molar-refractivity contribution in [2.24, 2.45) is 0 Å². The Labute approximate surface area is 222 Å². The molecule has 11 heteroatoms. The molecule has 0 unspecified atom stereocenters. The molecule has 2 aromatic carbocycles. The second-order valence-electron chi connectivity index (χ2n) is 9.35. The van der Waals surface area contributed by atoms with Crippen LogP contribution in [-0.4, -0.2) is 47.9 Å². The van der Waals surface area contributed by atoms with E-state index in [0.717, 1.165) is 34.4 Å². The number of halogens is 3. The molecule has 0 saturated carbocycles. The van der Waals surface area contributed by atoms with E-state index in [1.165, 1.54) is 6.20 Å². The Kier molecular flexibility index (Phi) is 6.13. The summed E-state index contributed by atoms with van der Waals surface area (Å²) in [7, 11) is 0. The van der Waals surface area contributed by atoms with Crippen LogP contribution >= 0.6 is 0 Å². The summed E-state index contributed by atoms with van der Waals surface area (Å²) in [4.78, 5) is 19.8. The normalized spacial score (nSPS) is 15.1. The van der Waals surface area contributed by atoms with E-state index in [-0.39, 0.29) is 6.79 Å². The predicted molar refractivity (Wildman–Crippen MR) is 143 cm³/mol. The van der Waals surface area contributed by atoms with Gasteiger partial charge in [0, 0.05) is 49.5 Å². The van der Waals surface area contributed by atoms with Gasteiger partial charge in [-0.1, -0.05) is 18.7 Å². The number of rotatable bonds is 5. The van der Waals surface area contributed by atoms with Gasteiger partial charge in [0.15, 0.2) is 17.3 Å². The molecule has 6 rings (SSSR count). The zero-order valence-corrected chi connectivity index (χ0v) is 21.1. The van der Waals surface area contributed by atoms with Gasteiger partial charge in [-0.3, -0.25) is 4.90 Å². The highest BCUT2D eigenvalue weighted by Crippen LogP contribution is 2.40. The highest BCUT2D eigenvalue weighted by Gasteiger charge is 2.32. The molecule has 1 fully saturated rings. The number of aromatic nitrogens is 3. The van der Waals surface area contributed by atoms with Gasteiger partial charge in [0.05, 0.1) is 16.8 Å². The molecule has 0 amide bonds. The van der Waals surface area contributed by atoms with Crippen molar-refractivity contribution in [1.82, 2.24) is 15.0 Å². The Bertz CT molecular complexity index is 1550. The lowest BCUT2D eigenvalue weighted by Gasteiger charge is -2.36. The molecule has 0 atom stereocenters. The van der Waals surface area contributed by atoms with Crippen LogP contribution in [0.3, 0.4) is 0 Å². The Balaban J connectivity index is 1.32. The lowest BCUT2D eigenvalue weighted by atomic mass is 10.2. The second kappa shape index (κ2) is 9.64. The third-order valence-corrected chi connectivity index (χ3v) is 6.74. The fourth-order valence-corrected chi connectivity index (χ4v) is 4.81. The Morgan fingerprint density at radius 2 is 1.67 bits per heavy atom. The van der Waals surface area contributed by atoms with E-state index in [0.29, 0.717) is 55.3 Å². The van der Waals surface area contributed by atoms with Gasteiger partial charge < -0.3 is 19.3 Å². The standard InChI is InChI=1S/C28H25F3N6O2/c1-18(2)37(20-7-8-23-24(16-20)39-17-38-23)26-21-5-3-4-6-22(21)33-27(34-26)36-13-11-35(12-14-36)25-15-19(9-10-32-25)28(29,30)31/h3-10,15-16H,1,11-14,17H2,2H3.